The van der Waals surface area contributed by atoms with Gasteiger partial charge >= 0.3 is 0 Å². The van der Waals surface area contributed by atoms with Crippen molar-refractivity contribution in [1.29, 1.82) is 0 Å². The van der Waals surface area contributed by atoms with Crippen LogP contribution in [0.4, 0.5) is 4.39 Å². The highest BCUT2D eigenvalue weighted by molar-refractivity contribution is 7.92. The Morgan fingerprint density at radius 2 is 1.76 bits per heavy atom. The lowest BCUT2D eigenvalue weighted by atomic mass is 10.1. The van der Waals surface area contributed by atoms with Crippen LogP contribution in [-0.4, -0.2) is 19.7 Å². The van der Waals surface area contributed by atoms with Crippen molar-refractivity contribution < 1.29 is 12.8 Å². The van der Waals surface area contributed by atoms with E-state index < -0.39 is 26.9 Å². The van der Waals surface area contributed by atoms with E-state index in [1.807, 2.05) is 0 Å². The van der Waals surface area contributed by atoms with Crippen LogP contribution in [0.5, 0.6) is 0 Å². The first-order chi connectivity index (χ1) is 9.91. The zero-order valence-corrected chi connectivity index (χ0v) is 12.5. The molecular formula is C15H13ClFNO2S. The maximum atomic E-state index is 13.3. The third-order valence-corrected chi connectivity index (χ3v) is 6.25. The number of rotatable bonds is 3. The van der Waals surface area contributed by atoms with Gasteiger partial charge in [-0.25, -0.2) is 12.8 Å². The minimum Gasteiger partial charge on any atom is -0.326 e. The predicted molar refractivity (Wildman–Crippen MR) is 79.5 cm³/mol. The number of halogens is 2. The number of nitrogens with two attached hydrogens (primary N) is 1. The van der Waals surface area contributed by atoms with E-state index in [2.05, 4.69) is 0 Å². The Bertz CT molecular complexity index is 777. The van der Waals surface area contributed by atoms with Gasteiger partial charge in [-0.2, -0.15) is 0 Å². The quantitative estimate of drug-likeness (QED) is 0.944. The average Bonchev–Trinajstić information content (AvgIpc) is 3.12. The van der Waals surface area contributed by atoms with Crippen LogP contribution >= 0.6 is 11.6 Å². The van der Waals surface area contributed by atoms with Crippen molar-refractivity contribution in [3.05, 3.63) is 64.9 Å². The summed E-state index contributed by atoms with van der Waals surface area (Å²) in [6, 6.07) is 11.4. The molecule has 3 atom stereocenters. The Balaban J connectivity index is 1.93. The van der Waals surface area contributed by atoms with Gasteiger partial charge in [0.1, 0.15) is 5.82 Å². The molecule has 3 rings (SSSR count). The van der Waals surface area contributed by atoms with Crippen LogP contribution in [0.1, 0.15) is 11.5 Å². The lowest BCUT2D eigenvalue weighted by Gasteiger charge is -2.04. The molecule has 3 nitrogen and oxygen atoms in total. The van der Waals surface area contributed by atoms with E-state index in [-0.39, 0.29) is 10.8 Å². The molecule has 1 aliphatic rings. The van der Waals surface area contributed by atoms with Crippen LogP contribution in [0.3, 0.4) is 0 Å². The number of sulfone groups is 1. The predicted octanol–water partition coefficient (Wildman–Crippen LogP) is 2.75. The second kappa shape index (κ2) is 5.09. The van der Waals surface area contributed by atoms with Crippen LogP contribution in [0.15, 0.2) is 53.4 Å². The summed E-state index contributed by atoms with van der Waals surface area (Å²) < 4.78 is 38.4. The van der Waals surface area contributed by atoms with Gasteiger partial charge in [0.2, 0.25) is 0 Å². The van der Waals surface area contributed by atoms with Crippen molar-refractivity contribution in [2.24, 2.45) is 5.73 Å². The van der Waals surface area contributed by atoms with E-state index in [4.69, 9.17) is 17.3 Å². The van der Waals surface area contributed by atoms with Crippen LogP contribution in [-0.2, 0) is 9.84 Å². The molecular weight excluding hydrogens is 313 g/mol. The molecule has 2 aromatic rings. The van der Waals surface area contributed by atoms with Crippen molar-refractivity contribution in [3.63, 3.8) is 0 Å². The van der Waals surface area contributed by atoms with Gasteiger partial charge in [-0.15, -0.1) is 0 Å². The number of benzene rings is 2. The molecule has 0 amide bonds. The van der Waals surface area contributed by atoms with Crippen LogP contribution in [0, 0.1) is 5.82 Å². The Morgan fingerprint density at radius 1 is 1.10 bits per heavy atom. The molecule has 0 heterocycles. The van der Waals surface area contributed by atoms with Gasteiger partial charge < -0.3 is 5.73 Å². The fraction of sp³-hybridized carbons (Fsp3) is 0.200. The highest BCUT2D eigenvalue weighted by Crippen LogP contribution is 2.47. The van der Waals surface area contributed by atoms with Gasteiger partial charge in [0.15, 0.2) is 9.84 Å². The standard InChI is InChI=1S/C15H13ClFNO2S/c16-10-4-6-12(7-5-10)21(19,20)15-13(14(15)18)9-2-1-3-11(17)8-9/h1-8,13-15H,18H2/t13-,14-,15-/m0/s1. The van der Waals surface area contributed by atoms with Gasteiger partial charge in [-0.3, -0.25) is 0 Å². The van der Waals surface area contributed by atoms with E-state index >= 15 is 0 Å². The largest absolute Gasteiger partial charge is 0.326 e. The summed E-state index contributed by atoms with van der Waals surface area (Å²) in [5, 5.41) is -0.254. The summed E-state index contributed by atoms with van der Waals surface area (Å²) in [5.41, 5.74) is 6.53. The van der Waals surface area contributed by atoms with E-state index in [1.54, 1.807) is 12.1 Å². The fourth-order valence-electron chi connectivity index (χ4n) is 2.61. The first-order valence-corrected chi connectivity index (χ1v) is 8.34. The third-order valence-electron chi connectivity index (χ3n) is 3.74. The maximum absolute atomic E-state index is 13.3. The topological polar surface area (TPSA) is 60.2 Å². The molecule has 2 N–H and O–H groups in total. The smallest absolute Gasteiger partial charge is 0.183 e. The molecule has 0 spiro atoms. The van der Waals surface area contributed by atoms with E-state index in [0.717, 1.165) is 0 Å². The molecule has 0 aromatic heterocycles. The van der Waals surface area contributed by atoms with E-state index in [1.165, 1.54) is 36.4 Å². The van der Waals surface area contributed by atoms with Crippen LogP contribution in [0.2, 0.25) is 5.02 Å². The summed E-state index contributed by atoms with van der Waals surface area (Å²) in [7, 11) is -3.55. The summed E-state index contributed by atoms with van der Waals surface area (Å²) in [6.45, 7) is 0. The summed E-state index contributed by atoms with van der Waals surface area (Å²) in [6.07, 6.45) is 0. The normalized spacial score (nSPS) is 24.8. The molecule has 0 radical (unpaired) electrons. The molecule has 0 aliphatic heterocycles. The van der Waals surface area contributed by atoms with Crippen molar-refractivity contribution >= 4 is 21.4 Å². The minimum atomic E-state index is -3.55. The first-order valence-electron chi connectivity index (χ1n) is 6.42. The van der Waals surface area contributed by atoms with Crippen molar-refractivity contribution in [1.82, 2.24) is 0 Å². The molecule has 1 fully saturated rings. The number of hydrogen-bond donors (Lipinski definition) is 1. The van der Waals surface area contributed by atoms with Crippen molar-refractivity contribution in [2.75, 3.05) is 0 Å². The minimum absolute atomic E-state index is 0.186. The van der Waals surface area contributed by atoms with Gasteiger partial charge in [-0.05, 0) is 42.0 Å². The molecule has 0 unspecified atom stereocenters. The highest BCUT2D eigenvalue weighted by Gasteiger charge is 2.57. The van der Waals surface area contributed by atoms with Gasteiger partial charge in [0.05, 0.1) is 10.1 Å². The first kappa shape index (κ1) is 14.5. The van der Waals surface area contributed by atoms with Crippen LogP contribution in [0.25, 0.3) is 0 Å². The lowest BCUT2D eigenvalue weighted by molar-refractivity contribution is 0.593. The lowest BCUT2D eigenvalue weighted by Crippen LogP contribution is -2.15. The van der Waals surface area contributed by atoms with Gasteiger partial charge in [0, 0.05) is 17.0 Å². The third kappa shape index (κ3) is 2.57. The average molecular weight is 326 g/mol. The van der Waals surface area contributed by atoms with E-state index in [9.17, 15) is 12.8 Å². The molecule has 2 aromatic carbocycles. The molecule has 110 valence electrons. The zero-order chi connectivity index (χ0) is 15.2. The molecule has 0 bridgehead atoms. The maximum Gasteiger partial charge on any atom is 0.183 e. The monoisotopic (exact) mass is 325 g/mol. The van der Waals surface area contributed by atoms with Crippen molar-refractivity contribution in [3.8, 4) is 0 Å². The Labute approximate surface area is 127 Å². The molecule has 21 heavy (non-hydrogen) atoms. The van der Waals surface area contributed by atoms with E-state index in [0.29, 0.717) is 10.6 Å². The fourth-order valence-corrected chi connectivity index (χ4v) is 4.78. The van der Waals surface area contributed by atoms with Gasteiger partial charge in [-0.1, -0.05) is 23.7 Å². The summed E-state index contributed by atoms with van der Waals surface area (Å²) in [4.78, 5) is 0.186. The zero-order valence-electron chi connectivity index (χ0n) is 10.9. The Morgan fingerprint density at radius 3 is 2.38 bits per heavy atom. The second-order valence-electron chi connectivity index (χ2n) is 5.12. The van der Waals surface area contributed by atoms with Gasteiger partial charge in [0.25, 0.3) is 0 Å². The van der Waals surface area contributed by atoms with Crippen LogP contribution < -0.4 is 5.73 Å². The second-order valence-corrected chi connectivity index (χ2v) is 7.66. The Hall–Kier alpha value is -1.43. The molecule has 1 saturated carbocycles. The molecule has 1 aliphatic carbocycles. The van der Waals surface area contributed by atoms with Crippen molar-refractivity contribution in [2.45, 2.75) is 22.1 Å². The highest BCUT2D eigenvalue weighted by atomic mass is 35.5. The number of hydrogen-bond acceptors (Lipinski definition) is 3. The summed E-state index contributed by atoms with van der Waals surface area (Å²) in [5.74, 6) is -0.768. The SMILES string of the molecule is N[C@H]1[C@H](c2cccc(F)c2)[C@@H]1S(=O)(=O)c1ccc(Cl)cc1. The summed E-state index contributed by atoms with van der Waals surface area (Å²) >= 11 is 5.77. The molecule has 0 saturated heterocycles. The Kier molecular flexibility index (Phi) is 3.51. The molecule has 6 heteroatoms.